The van der Waals surface area contributed by atoms with Crippen molar-refractivity contribution in [2.24, 2.45) is 5.73 Å². The molecule has 2 N–H and O–H groups in total. The molecule has 1 saturated heterocycles. The lowest BCUT2D eigenvalue weighted by Crippen LogP contribution is -2.42. The molecule has 2 aliphatic heterocycles. The van der Waals surface area contributed by atoms with Crippen LogP contribution in [0.5, 0.6) is 5.75 Å². The predicted octanol–water partition coefficient (Wildman–Crippen LogP) is 2.32. The first kappa shape index (κ1) is 12.9. The number of hydrogen-bond acceptors (Lipinski definition) is 3. The van der Waals surface area contributed by atoms with Crippen molar-refractivity contribution in [3.63, 3.8) is 0 Å². The zero-order chi connectivity index (χ0) is 13.5. The number of nitrogens with zero attached hydrogens (tertiary/aromatic N) is 1. The number of likely N-dealkylation sites (tertiary alicyclic amines) is 1. The maximum absolute atomic E-state index is 6.14. The van der Waals surface area contributed by atoms with Crippen LogP contribution < -0.4 is 10.5 Å². The van der Waals surface area contributed by atoms with Crippen molar-refractivity contribution in [3.05, 3.63) is 29.3 Å². The van der Waals surface area contributed by atoms with Crippen molar-refractivity contribution in [3.8, 4) is 5.75 Å². The fourth-order valence-electron chi connectivity index (χ4n) is 3.28. The first-order valence-corrected chi connectivity index (χ1v) is 7.31. The van der Waals surface area contributed by atoms with Gasteiger partial charge in [0.2, 0.25) is 0 Å². The Morgan fingerprint density at radius 2 is 2.26 bits per heavy atom. The summed E-state index contributed by atoms with van der Waals surface area (Å²) in [5.74, 6) is 1.12. The van der Waals surface area contributed by atoms with E-state index in [4.69, 9.17) is 10.5 Å². The zero-order valence-electron chi connectivity index (χ0n) is 12.0. The van der Waals surface area contributed by atoms with E-state index in [-0.39, 0.29) is 5.60 Å². The molecule has 0 bridgehead atoms. The number of hydrogen-bond donors (Lipinski definition) is 1. The van der Waals surface area contributed by atoms with Crippen LogP contribution >= 0.6 is 0 Å². The monoisotopic (exact) mass is 260 g/mol. The average Bonchev–Trinajstić information content (AvgIpc) is 2.64. The molecule has 3 nitrogen and oxygen atoms in total. The van der Waals surface area contributed by atoms with Gasteiger partial charge in [-0.05, 0) is 38.8 Å². The van der Waals surface area contributed by atoms with E-state index >= 15 is 0 Å². The Labute approximate surface area is 115 Å². The van der Waals surface area contributed by atoms with Gasteiger partial charge in [-0.25, -0.2) is 0 Å². The van der Waals surface area contributed by atoms with Crippen molar-refractivity contribution in [2.75, 3.05) is 13.1 Å². The van der Waals surface area contributed by atoms with Crippen LogP contribution in [0.3, 0.4) is 0 Å². The van der Waals surface area contributed by atoms with Crippen LogP contribution in [0.25, 0.3) is 0 Å². The van der Waals surface area contributed by atoms with Gasteiger partial charge >= 0.3 is 0 Å². The van der Waals surface area contributed by atoms with Crippen molar-refractivity contribution in [1.82, 2.24) is 4.90 Å². The van der Waals surface area contributed by atoms with Gasteiger partial charge in [0.15, 0.2) is 0 Å². The highest BCUT2D eigenvalue weighted by atomic mass is 16.5. The van der Waals surface area contributed by atoms with E-state index in [1.807, 2.05) is 0 Å². The van der Waals surface area contributed by atoms with Gasteiger partial charge in [0.05, 0.1) is 0 Å². The van der Waals surface area contributed by atoms with Gasteiger partial charge in [0.25, 0.3) is 0 Å². The molecule has 104 valence electrons. The topological polar surface area (TPSA) is 38.5 Å². The van der Waals surface area contributed by atoms with E-state index < -0.39 is 0 Å². The Kier molecular flexibility index (Phi) is 3.27. The van der Waals surface area contributed by atoms with Gasteiger partial charge in [-0.3, -0.25) is 4.90 Å². The van der Waals surface area contributed by atoms with Crippen molar-refractivity contribution in [2.45, 2.75) is 51.3 Å². The molecule has 1 atom stereocenters. The van der Waals surface area contributed by atoms with E-state index in [0.717, 1.165) is 38.2 Å². The van der Waals surface area contributed by atoms with E-state index in [0.29, 0.717) is 6.04 Å². The number of para-hydroxylation sites is 1. The van der Waals surface area contributed by atoms with E-state index in [2.05, 4.69) is 36.9 Å². The predicted molar refractivity (Wildman–Crippen MR) is 77.3 cm³/mol. The highest BCUT2D eigenvalue weighted by Gasteiger charge is 2.32. The summed E-state index contributed by atoms with van der Waals surface area (Å²) in [6.07, 6.45) is 3.38. The van der Waals surface area contributed by atoms with Crippen LogP contribution in [0.4, 0.5) is 0 Å². The number of fused-ring (bicyclic) bond motifs is 1. The van der Waals surface area contributed by atoms with Crippen LogP contribution in [0.2, 0.25) is 0 Å². The lowest BCUT2D eigenvalue weighted by Gasteiger charge is -2.31. The molecular formula is C16H24N2O. The number of piperidine rings is 1. The third-order valence-corrected chi connectivity index (χ3v) is 4.11. The van der Waals surface area contributed by atoms with Crippen LogP contribution in [0, 0.1) is 0 Å². The first-order chi connectivity index (χ1) is 9.03. The molecule has 1 unspecified atom stereocenters. The van der Waals surface area contributed by atoms with Gasteiger partial charge in [0.1, 0.15) is 11.4 Å². The van der Waals surface area contributed by atoms with Crippen LogP contribution in [-0.2, 0) is 13.0 Å². The van der Waals surface area contributed by atoms with E-state index in [1.165, 1.54) is 17.5 Å². The molecule has 2 aliphatic rings. The molecule has 3 rings (SSSR count). The number of nitrogens with two attached hydrogens (primary N) is 1. The molecule has 0 aliphatic carbocycles. The van der Waals surface area contributed by atoms with Gasteiger partial charge < -0.3 is 10.5 Å². The summed E-state index contributed by atoms with van der Waals surface area (Å²) in [6.45, 7) is 7.45. The Hall–Kier alpha value is -1.06. The lowest BCUT2D eigenvalue weighted by atomic mass is 10.00. The van der Waals surface area contributed by atoms with Gasteiger partial charge in [0, 0.05) is 31.1 Å². The van der Waals surface area contributed by atoms with Crippen LogP contribution in [0.15, 0.2) is 18.2 Å². The van der Waals surface area contributed by atoms with Gasteiger partial charge in [-0.15, -0.1) is 0 Å². The minimum absolute atomic E-state index is 0.0588. The molecule has 0 aromatic heterocycles. The molecule has 19 heavy (non-hydrogen) atoms. The molecule has 1 aromatic carbocycles. The standard InChI is InChI=1S/C16H24N2O/c1-16(2)9-12-5-3-6-13(15(12)19-16)10-18-8-4-7-14(17)11-18/h3,5-6,14H,4,7-11,17H2,1-2H3. The first-order valence-electron chi connectivity index (χ1n) is 7.31. The summed E-state index contributed by atoms with van der Waals surface area (Å²) in [4.78, 5) is 2.46. The third kappa shape index (κ3) is 2.77. The number of rotatable bonds is 2. The summed E-state index contributed by atoms with van der Waals surface area (Å²) in [5, 5.41) is 0. The quantitative estimate of drug-likeness (QED) is 0.887. The molecule has 0 spiro atoms. The molecule has 1 fully saturated rings. The zero-order valence-corrected chi connectivity index (χ0v) is 12.0. The van der Waals surface area contributed by atoms with Crippen molar-refractivity contribution >= 4 is 0 Å². The van der Waals surface area contributed by atoms with Crippen LogP contribution in [0.1, 0.15) is 37.8 Å². The summed E-state index contributed by atoms with van der Waals surface area (Å²) < 4.78 is 6.14. The molecule has 1 aromatic rings. The van der Waals surface area contributed by atoms with Gasteiger partial charge in [-0.1, -0.05) is 18.2 Å². The Morgan fingerprint density at radius 1 is 1.42 bits per heavy atom. The second kappa shape index (κ2) is 4.80. The highest BCUT2D eigenvalue weighted by molar-refractivity contribution is 5.45. The fraction of sp³-hybridized carbons (Fsp3) is 0.625. The molecule has 2 heterocycles. The highest BCUT2D eigenvalue weighted by Crippen LogP contribution is 2.38. The Bertz CT molecular complexity index is 470. The second-order valence-electron chi connectivity index (χ2n) is 6.58. The largest absolute Gasteiger partial charge is 0.487 e. The Balaban J connectivity index is 1.78. The maximum Gasteiger partial charge on any atom is 0.127 e. The summed E-state index contributed by atoms with van der Waals surface area (Å²) in [6, 6.07) is 6.88. The van der Waals surface area contributed by atoms with E-state index in [1.54, 1.807) is 0 Å². The minimum Gasteiger partial charge on any atom is -0.487 e. The summed E-state index contributed by atoms with van der Waals surface area (Å²) in [7, 11) is 0. The Morgan fingerprint density at radius 3 is 3.05 bits per heavy atom. The fourth-order valence-corrected chi connectivity index (χ4v) is 3.28. The van der Waals surface area contributed by atoms with Gasteiger partial charge in [-0.2, -0.15) is 0 Å². The van der Waals surface area contributed by atoms with E-state index in [9.17, 15) is 0 Å². The summed E-state index contributed by atoms with van der Waals surface area (Å²) in [5.41, 5.74) is 8.67. The van der Waals surface area contributed by atoms with Crippen LogP contribution in [-0.4, -0.2) is 29.6 Å². The smallest absolute Gasteiger partial charge is 0.127 e. The molecule has 0 radical (unpaired) electrons. The normalized spacial score (nSPS) is 25.9. The summed E-state index contributed by atoms with van der Waals surface area (Å²) >= 11 is 0. The number of benzene rings is 1. The van der Waals surface area contributed by atoms with Crippen molar-refractivity contribution < 1.29 is 4.74 Å². The molecule has 3 heteroatoms. The molecule has 0 amide bonds. The maximum atomic E-state index is 6.14. The second-order valence-corrected chi connectivity index (χ2v) is 6.58. The minimum atomic E-state index is -0.0588. The van der Waals surface area contributed by atoms with Crippen molar-refractivity contribution in [1.29, 1.82) is 0 Å². The lowest BCUT2D eigenvalue weighted by molar-refractivity contribution is 0.133. The molecule has 0 saturated carbocycles. The molecular weight excluding hydrogens is 236 g/mol. The average molecular weight is 260 g/mol. The number of ether oxygens (including phenoxy) is 1. The third-order valence-electron chi connectivity index (χ3n) is 4.11. The SMILES string of the molecule is CC1(C)Cc2cccc(CN3CCCC(N)C3)c2O1.